The lowest BCUT2D eigenvalue weighted by atomic mass is 10.1. The molecular formula is C23H23NO7. The van der Waals surface area contributed by atoms with Crippen LogP contribution in [0, 0.1) is 0 Å². The Balaban J connectivity index is 1.70. The summed E-state index contributed by atoms with van der Waals surface area (Å²) in [7, 11) is 0. The number of benzene rings is 2. The lowest BCUT2D eigenvalue weighted by Crippen LogP contribution is -2.33. The number of hydrogen-bond acceptors (Lipinski definition) is 7. The van der Waals surface area contributed by atoms with Gasteiger partial charge >= 0.3 is 11.6 Å². The van der Waals surface area contributed by atoms with Gasteiger partial charge in [-0.1, -0.05) is 12.1 Å². The molecule has 8 nitrogen and oxygen atoms in total. The molecule has 0 radical (unpaired) electrons. The molecule has 1 aromatic heterocycles. The van der Waals surface area contributed by atoms with E-state index >= 15 is 0 Å². The van der Waals surface area contributed by atoms with Gasteiger partial charge < -0.3 is 23.9 Å². The van der Waals surface area contributed by atoms with E-state index in [0.717, 1.165) is 0 Å². The molecule has 31 heavy (non-hydrogen) atoms. The third-order valence-electron chi connectivity index (χ3n) is 4.10. The van der Waals surface area contributed by atoms with Gasteiger partial charge in [0.05, 0.1) is 6.61 Å². The van der Waals surface area contributed by atoms with Crippen molar-refractivity contribution in [2.24, 2.45) is 0 Å². The highest BCUT2D eigenvalue weighted by molar-refractivity contribution is 5.96. The third kappa shape index (κ3) is 5.63. The van der Waals surface area contributed by atoms with E-state index in [1.54, 1.807) is 50.2 Å². The highest BCUT2D eigenvalue weighted by Gasteiger charge is 2.16. The second kappa shape index (κ2) is 9.80. The summed E-state index contributed by atoms with van der Waals surface area (Å²) < 4.78 is 21.4. The minimum Gasteiger partial charge on any atom is -0.490 e. The van der Waals surface area contributed by atoms with Crippen molar-refractivity contribution in [2.45, 2.75) is 26.8 Å². The topological polar surface area (TPSA) is 104 Å². The molecule has 0 fully saturated rings. The van der Waals surface area contributed by atoms with Crippen LogP contribution in [0.1, 0.15) is 31.1 Å². The van der Waals surface area contributed by atoms with Crippen LogP contribution in [0.25, 0.3) is 11.0 Å². The van der Waals surface area contributed by atoms with Crippen LogP contribution >= 0.6 is 0 Å². The van der Waals surface area contributed by atoms with Crippen LogP contribution in [0.5, 0.6) is 17.2 Å². The molecule has 0 aliphatic carbocycles. The summed E-state index contributed by atoms with van der Waals surface area (Å²) in [5, 5.41) is 3.17. The summed E-state index contributed by atoms with van der Waals surface area (Å²) in [6, 6.07) is 12.9. The Morgan fingerprint density at radius 1 is 1.03 bits per heavy atom. The van der Waals surface area contributed by atoms with Gasteiger partial charge in [0.25, 0.3) is 5.91 Å². The van der Waals surface area contributed by atoms with Gasteiger partial charge in [-0.15, -0.1) is 0 Å². The van der Waals surface area contributed by atoms with E-state index < -0.39 is 17.5 Å². The largest absolute Gasteiger partial charge is 0.490 e. The first-order chi connectivity index (χ1) is 14.9. The van der Waals surface area contributed by atoms with Crippen molar-refractivity contribution in [3.63, 3.8) is 0 Å². The lowest BCUT2D eigenvalue weighted by Gasteiger charge is -2.11. The maximum absolute atomic E-state index is 12.2. The van der Waals surface area contributed by atoms with E-state index in [2.05, 4.69) is 5.32 Å². The van der Waals surface area contributed by atoms with E-state index in [1.165, 1.54) is 12.1 Å². The van der Waals surface area contributed by atoms with Gasteiger partial charge in [-0.3, -0.25) is 4.79 Å². The van der Waals surface area contributed by atoms with E-state index in [-0.39, 0.29) is 29.5 Å². The summed E-state index contributed by atoms with van der Waals surface area (Å²) >= 11 is 0. The van der Waals surface area contributed by atoms with Crippen molar-refractivity contribution >= 4 is 22.8 Å². The Morgan fingerprint density at radius 2 is 1.74 bits per heavy atom. The first-order valence-electron chi connectivity index (χ1n) is 9.81. The number of para-hydroxylation sites is 2. The zero-order valence-corrected chi connectivity index (χ0v) is 17.5. The van der Waals surface area contributed by atoms with Crippen LogP contribution < -0.4 is 25.2 Å². The SMILES string of the molecule is CCOc1ccccc1OCC(=O)Oc1ccc2cc(C(=O)NC(C)C)c(=O)oc2c1. The number of carbonyl (C=O) groups excluding carboxylic acids is 2. The third-order valence-corrected chi connectivity index (χ3v) is 4.10. The van der Waals surface area contributed by atoms with Gasteiger partial charge in [-0.25, -0.2) is 9.59 Å². The van der Waals surface area contributed by atoms with Crippen molar-refractivity contribution in [3.05, 3.63) is 64.5 Å². The molecule has 0 atom stereocenters. The van der Waals surface area contributed by atoms with Crippen molar-refractivity contribution in [2.75, 3.05) is 13.2 Å². The molecule has 1 N–H and O–H groups in total. The number of nitrogens with one attached hydrogen (secondary N) is 1. The van der Waals surface area contributed by atoms with Crippen LogP contribution in [0.3, 0.4) is 0 Å². The molecule has 0 saturated carbocycles. The molecule has 0 unspecified atom stereocenters. The average molecular weight is 425 g/mol. The summed E-state index contributed by atoms with van der Waals surface area (Å²) in [5.74, 6) is -0.00566. The summed E-state index contributed by atoms with van der Waals surface area (Å²) in [4.78, 5) is 36.5. The number of hydrogen-bond donors (Lipinski definition) is 1. The normalized spacial score (nSPS) is 10.7. The fourth-order valence-corrected chi connectivity index (χ4v) is 2.80. The molecule has 1 amide bonds. The molecule has 162 valence electrons. The zero-order chi connectivity index (χ0) is 22.4. The Hall–Kier alpha value is -3.81. The Bertz CT molecular complexity index is 1150. The molecule has 0 aliphatic heterocycles. The molecule has 3 aromatic rings. The maximum atomic E-state index is 12.2. The van der Waals surface area contributed by atoms with Crippen molar-refractivity contribution in [1.29, 1.82) is 0 Å². The Morgan fingerprint density at radius 3 is 2.42 bits per heavy atom. The number of esters is 1. The number of fused-ring (bicyclic) bond motifs is 1. The number of rotatable bonds is 8. The highest BCUT2D eigenvalue weighted by Crippen LogP contribution is 2.26. The Kier molecular flexibility index (Phi) is 6.92. The van der Waals surface area contributed by atoms with E-state index in [1.807, 2.05) is 6.92 Å². The predicted octanol–water partition coefficient (Wildman–Crippen LogP) is 3.31. The predicted molar refractivity (Wildman–Crippen MR) is 114 cm³/mol. The number of ether oxygens (including phenoxy) is 3. The molecular weight excluding hydrogens is 402 g/mol. The summed E-state index contributed by atoms with van der Waals surface area (Å²) in [6.07, 6.45) is 0. The molecule has 1 heterocycles. The van der Waals surface area contributed by atoms with Crippen LogP contribution in [-0.4, -0.2) is 31.1 Å². The lowest BCUT2D eigenvalue weighted by molar-refractivity contribution is -0.136. The van der Waals surface area contributed by atoms with Gasteiger partial charge in [0, 0.05) is 17.5 Å². The fraction of sp³-hybridized carbons (Fsp3) is 0.261. The molecule has 0 saturated heterocycles. The standard InChI is InChI=1S/C23H23NO7/c1-4-28-18-7-5-6-8-19(18)29-13-21(25)30-16-10-9-15-11-17(22(26)24-14(2)3)23(27)31-20(15)12-16/h5-12,14H,4,13H2,1-3H3,(H,24,26). The van der Waals surface area contributed by atoms with Gasteiger partial charge in [-0.05, 0) is 51.1 Å². The maximum Gasteiger partial charge on any atom is 0.349 e. The Labute approximate surface area is 178 Å². The van der Waals surface area contributed by atoms with Crippen molar-refractivity contribution < 1.29 is 28.2 Å². The quantitative estimate of drug-likeness (QED) is 0.335. The van der Waals surface area contributed by atoms with Crippen LogP contribution in [0.2, 0.25) is 0 Å². The van der Waals surface area contributed by atoms with E-state index in [4.69, 9.17) is 18.6 Å². The molecule has 0 spiro atoms. The second-order valence-corrected chi connectivity index (χ2v) is 6.92. The monoisotopic (exact) mass is 425 g/mol. The van der Waals surface area contributed by atoms with E-state index in [9.17, 15) is 14.4 Å². The molecule has 0 bridgehead atoms. The average Bonchev–Trinajstić information content (AvgIpc) is 2.72. The smallest absolute Gasteiger partial charge is 0.349 e. The van der Waals surface area contributed by atoms with Gasteiger partial charge in [-0.2, -0.15) is 0 Å². The van der Waals surface area contributed by atoms with Crippen LogP contribution in [0.15, 0.2) is 57.7 Å². The minimum absolute atomic E-state index is 0.0905. The van der Waals surface area contributed by atoms with E-state index in [0.29, 0.717) is 23.5 Å². The summed E-state index contributed by atoms with van der Waals surface area (Å²) in [6.45, 7) is 5.57. The first kappa shape index (κ1) is 21.9. The molecule has 0 aliphatic rings. The molecule has 3 rings (SSSR count). The first-order valence-corrected chi connectivity index (χ1v) is 9.81. The van der Waals surface area contributed by atoms with Gasteiger partial charge in [0.2, 0.25) is 0 Å². The van der Waals surface area contributed by atoms with Crippen molar-refractivity contribution in [3.8, 4) is 17.2 Å². The second-order valence-electron chi connectivity index (χ2n) is 6.92. The molecule has 2 aromatic carbocycles. The highest BCUT2D eigenvalue weighted by atomic mass is 16.6. The minimum atomic E-state index is -0.773. The van der Waals surface area contributed by atoms with Crippen LogP contribution in [0.4, 0.5) is 0 Å². The van der Waals surface area contributed by atoms with Crippen LogP contribution in [-0.2, 0) is 4.79 Å². The van der Waals surface area contributed by atoms with Crippen molar-refractivity contribution in [1.82, 2.24) is 5.32 Å². The number of amides is 1. The number of carbonyl (C=O) groups is 2. The molecule has 8 heteroatoms. The fourth-order valence-electron chi connectivity index (χ4n) is 2.80. The van der Waals surface area contributed by atoms with Gasteiger partial charge in [0.15, 0.2) is 18.1 Å². The summed E-state index contributed by atoms with van der Waals surface area (Å²) in [5.41, 5.74) is -0.670. The van der Waals surface area contributed by atoms with Gasteiger partial charge in [0.1, 0.15) is 16.9 Å². The zero-order valence-electron chi connectivity index (χ0n) is 17.5.